The van der Waals surface area contributed by atoms with Gasteiger partial charge in [-0.2, -0.15) is 5.10 Å². The van der Waals surface area contributed by atoms with Crippen molar-refractivity contribution in [1.29, 1.82) is 0 Å². The average molecular weight is 468 g/mol. The van der Waals surface area contributed by atoms with Crippen LogP contribution in [0.2, 0.25) is 0 Å². The number of fused-ring (bicyclic) bond motifs is 2. The molecule has 0 atom stereocenters. The van der Waals surface area contributed by atoms with Crippen molar-refractivity contribution in [2.45, 2.75) is 20.4 Å². The Morgan fingerprint density at radius 2 is 2.03 bits per heavy atom. The van der Waals surface area contributed by atoms with Crippen LogP contribution in [0.25, 0.3) is 50.4 Å². The molecule has 0 bridgehead atoms. The van der Waals surface area contributed by atoms with Crippen molar-refractivity contribution in [3.63, 3.8) is 0 Å². The van der Waals surface area contributed by atoms with Crippen LogP contribution in [0, 0.1) is 12.7 Å². The Kier molecular flexibility index (Phi) is 5.07. The van der Waals surface area contributed by atoms with E-state index in [0.717, 1.165) is 28.7 Å². The maximum absolute atomic E-state index is 15.1. The standard InChI is InChI=1S/C25H22FN9/c1-3-27-9-15-6-16(11-28-10-15)17-7-18-21(8-19(17)26)33-34-22(18)24-31-20-4-5-29-25(23(20)32-24)35-12-14(2)30-13-35/h4-8,10-13,27H,3,9H2,1-2H3,(H,31,32)(H,33,34). The molecule has 1 aromatic carbocycles. The molecule has 0 unspecified atom stereocenters. The number of imidazole rings is 2. The molecule has 0 aliphatic rings. The van der Waals surface area contributed by atoms with Gasteiger partial charge in [-0.05, 0) is 37.2 Å². The number of nitrogens with one attached hydrogen (secondary N) is 3. The molecule has 0 radical (unpaired) electrons. The molecular weight excluding hydrogens is 445 g/mol. The molecule has 0 saturated heterocycles. The number of rotatable bonds is 6. The highest BCUT2D eigenvalue weighted by Gasteiger charge is 2.18. The largest absolute Gasteiger partial charge is 0.336 e. The van der Waals surface area contributed by atoms with Crippen molar-refractivity contribution in [3.8, 4) is 28.5 Å². The lowest BCUT2D eigenvalue weighted by Gasteiger charge is -2.07. The lowest BCUT2D eigenvalue weighted by molar-refractivity contribution is 0.632. The second-order valence-corrected chi connectivity index (χ2v) is 8.35. The van der Waals surface area contributed by atoms with Crippen LogP contribution in [0.4, 0.5) is 4.39 Å². The molecule has 6 rings (SSSR count). The highest BCUT2D eigenvalue weighted by molar-refractivity contribution is 5.96. The Hall–Kier alpha value is -4.44. The van der Waals surface area contributed by atoms with E-state index in [-0.39, 0.29) is 5.82 Å². The van der Waals surface area contributed by atoms with Crippen molar-refractivity contribution in [1.82, 2.24) is 45.0 Å². The summed E-state index contributed by atoms with van der Waals surface area (Å²) >= 11 is 0. The van der Waals surface area contributed by atoms with E-state index in [1.54, 1.807) is 31.0 Å². The van der Waals surface area contributed by atoms with Gasteiger partial charge in [0.25, 0.3) is 0 Å². The summed E-state index contributed by atoms with van der Waals surface area (Å²) in [6.07, 6.45) is 8.79. The highest BCUT2D eigenvalue weighted by Crippen LogP contribution is 2.33. The molecular formula is C25H22FN9. The van der Waals surface area contributed by atoms with Gasteiger partial charge < -0.3 is 10.3 Å². The van der Waals surface area contributed by atoms with Crippen LogP contribution in [-0.2, 0) is 6.54 Å². The Morgan fingerprint density at radius 1 is 1.11 bits per heavy atom. The number of hydrogen-bond donors (Lipinski definition) is 3. The molecule has 5 aromatic heterocycles. The molecule has 5 heterocycles. The molecule has 0 fully saturated rings. The van der Waals surface area contributed by atoms with Gasteiger partial charge in [-0.1, -0.05) is 6.92 Å². The van der Waals surface area contributed by atoms with E-state index in [1.165, 1.54) is 6.07 Å². The Balaban J connectivity index is 1.46. The fourth-order valence-electron chi connectivity index (χ4n) is 4.20. The van der Waals surface area contributed by atoms with Crippen LogP contribution in [0.15, 0.2) is 55.4 Å². The van der Waals surface area contributed by atoms with Crippen LogP contribution < -0.4 is 5.32 Å². The van der Waals surface area contributed by atoms with E-state index in [2.05, 4.69) is 35.5 Å². The first kappa shape index (κ1) is 21.1. The molecule has 0 aliphatic heterocycles. The van der Waals surface area contributed by atoms with Gasteiger partial charge in [0.15, 0.2) is 11.6 Å². The van der Waals surface area contributed by atoms with Gasteiger partial charge in [0.2, 0.25) is 0 Å². The zero-order chi connectivity index (χ0) is 23.9. The number of nitrogens with zero attached hydrogens (tertiary/aromatic N) is 6. The van der Waals surface area contributed by atoms with Gasteiger partial charge in [-0.15, -0.1) is 0 Å². The van der Waals surface area contributed by atoms with Gasteiger partial charge in [0.1, 0.15) is 23.4 Å². The van der Waals surface area contributed by atoms with E-state index in [4.69, 9.17) is 4.98 Å². The molecule has 10 heteroatoms. The van der Waals surface area contributed by atoms with E-state index >= 15 is 4.39 Å². The van der Waals surface area contributed by atoms with Crippen LogP contribution in [0.1, 0.15) is 18.2 Å². The van der Waals surface area contributed by atoms with Crippen molar-refractivity contribution >= 4 is 21.9 Å². The minimum absolute atomic E-state index is 0.346. The third-order valence-corrected chi connectivity index (χ3v) is 5.90. The summed E-state index contributed by atoms with van der Waals surface area (Å²) in [4.78, 5) is 21.2. The number of aromatic nitrogens is 8. The van der Waals surface area contributed by atoms with Crippen molar-refractivity contribution in [2.75, 3.05) is 6.54 Å². The quantitative estimate of drug-likeness (QED) is 0.337. The molecule has 6 aromatic rings. The predicted molar refractivity (Wildman–Crippen MR) is 131 cm³/mol. The Bertz CT molecular complexity index is 1680. The average Bonchev–Trinajstić information content (AvgIpc) is 3.59. The van der Waals surface area contributed by atoms with E-state index in [9.17, 15) is 0 Å². The van der Waals surface area contributed by atoms with E-state index in [0.29, 0.717) is 46.0 Å². The summed E-state index contributed by atoms with van der Waals surface area (Å²) in [5, 5.41) is 11.4. The molecule has 0 saturated carbocycles. The molecule has 9 nitrogen and oxygen atoms in total. The molecule has 0 amide bonds. The fourth-order valence-corrected chi connectivity index (χ4v) is 4.20. The fraction of sp³-hybridized carbons (Fsp3) is 0.160. The van der Waals surface area contributed by atoms with Gasteiger partial charge in [-0.25, -0.2) is 19.3 Å². The lowest BCUT2D eigenvalue weighted by atomic mass is 10.0. The Labute approximate surface area is 199 Å². The summed E-state index contributed by atoms with van der Waals surface area (Å²) in [5.74, 6) is 0.886. The number of hydrogen-bond acceptors (Lipinski definition) is 6. The third kappa shape index (κ3) is 3.73. The predicted octanol–water partition coefficient (Wildman–Crippen LogP) is 4.31. The maximum Gasteiger partial charge on any atom is 0.166 e. The van der Waals surface area contributed by atoms with Crippen LogP contribution in [0.3, 0.4) is 0 Å². The number of pyridine rings is 2. The maximum atomic E-state index is 15.1. The second kappa shape index (κ2) is 8.41. The van der Waals surface area contributed by atoms with Crippen LogP contribution in [0.5, 0.6) is 0 Å². The van der Waals surface area contributed by atoms with Crippen molar-refractivity contribution < 1.29 is 4.39 Å². The first-order valence-corrected chi connectivity index (χ1v) is 11.3. The molecule has 174 valence electrons. The van der Waals surface area contributed by atoms with Gasteiger partial charge in [0, 0.05) is 53.9 Å². The highest BCUT2D eigenvalue weighted by atomic mass is 19.1. The normalized spacial score (nSPS) is 11.6. The van der Waals surface area contributed by atoms with Gasteiger partial charge in [0.05, 0.1) is 16.7 Å². The van der Waals surface area contributed by atoms with Gasteiger partial charge in [-0.3, -0.25) is 14.6 Å². The summed E-state index contributed by atoms with van der Waals surface area (Å²) in [6.45, 7) is 5.48. The second-order valence-electron chi connectivity index (χ2n) is 8.35. The third-order valence-electron chi connectivity index (χ3n) is 5.90. The van der Waals surface area contributed by atoms with Crippen LogP contribution in [-0.4, -0.2) is 46.2 Å². The van der Waals surface area contributed by atoms with Crippen LogP contribution >= 0.6 is 0 Å². The topological polar surface area (TPSA) is 113 Å². The monoisotopic (exact) mass is 467 g/mol. The summed E-state index contributed by atoms with van der Waals surface area (Å²) in [5.41, 5.74) is 5.73. The summed E-state index contributed by atoms with van der Waals surface area (Å²) in [7, 11) is 0. The Morgan fingerprint density at radius 3 is 2.86 bits per heavy atom. The van der Waals surface area contributed by atoms with E-state index in [1.807, 2.05) is 36.7 Å². The summed E-state index contributed by atoms with van der Waals surface area (Å²) in [6, 6.07) is 7.07. The van der Waals surface area contributed by atoms with Gasteiger partial charge >= 0.3 is 0 Å². The molecule has 0 spiro atoms. The zero-order valence-corrected chi connectivity index (χ0v) is 19.2. The lowest BCUT2D eigenvalue weighted by Crippen LogP contribution is -2.11. The van der Waals surface area contributed by atoms with E-state index < -0.39 is 0 Å². The summed E-state index contributed by atoms with van der Waals surface area (Å²) < 4.78 is 16.9. The molecule has 0 aliphatic carbocycles. The number of aromatic amines is 2. The minimum atomic E-state index is -0.346. The SMILES string of the molecule is CCNCc1cncc(-c2cc3c(-c4nc5c(-n6cnc(C)c6)nccc5[nH]4)n[nH]c3cc2F)c1. The van der Waals surface area contributed by atoms with Crippen molar-refractivity contribution in [2.24, 2.45) is 0 Å². The van der Waals surface area contributed by atoms with Crippen molar-refractivity contribution in [3.05, 3.63) is 72.5 Å². The number of H-pyrrole nitrogens is 2. The molecule has 3 N–H and O–H groups in total. The minimum Gasteiger partial charge on any atom is -0.336 e. The molecule has 35 heavy (non-hydrogen) atoms. The zero-order valence-electron chi connectivity index (χ0n) is 19.2. The number of aryl methyl sites for hydroxylation is 1. The number of benzene rings is 1. The number of halogens is 1. The first-order valence-electron chi connectivity index (χ1n) is 11.3. The smallest absolute Gasteiger partial charge is 0.166 e. The first-order chi connectivity index (χ1) is 17.1.